The quantitative estimate of drug-likeness (QED) is 0.882. The Bertz CT molecular complexity index is 588. The molecular formula is C14H17N3O3S. The molecule has 1 aliphatic rings. The third-order valence-electron chi connectivity index (χ3n) is 3.87. The van der Waals surface area contributed by atoms with Crippen molar-refractivity contribution in [1.29, 1.82) is 0 Å². The summed E-state index contributed by atoms with van der Waals surface area (Å²) in [4.78, 5) is 15.3. The van der Waals surface area contributed by atoms with Crippen molar-refractivity contribution in [3.63, 3.8) is 0 Å². The van der Waals surface area contributed by atoms with Gasteiger partial charge < -0.3 is 14.9 Å². The van der Waals surface area contributed by atoms with E-state index < -0.39 is 5.97 Å². The lowest BCUT2D eigenvalue weighted by atomic mass is 9.86. The van der Waals surface area contributed by atoms with E-state index in [4.69, 9.17) is 9.63 Å². The van der Waals surface area contributed by atoms with Crippen molar-refractivity contribution in [2.75, 3.05) is 0 Å². The fourth-order valence-corrected chi connectivity index (χ4v) is 3.25. The predicted molar refractivity (Wildman–Crippen MR) is 77.8 cm³/mol. The molecule has 0 aromatic carbocycles. The van der Waals surface area contributed by atoms with Gasteiger partial charge in [0, 0.05) is 17.0 Å². The Kier molecular flexibility index (Phi) is 4.31. The van der Waals surface area contributed by atoms with Gasteiger partial charge >= 0.3 is 5.97 Å². The summed E-state index contributed by atoms with van der Waals surface area (Å²) in [6.45, 7) is 0.527. The van der Waals surface area contributed by atoms with E-state index in [1.54, 1.807) is 11.3 Å². The predicted octanol–water partition coefficient (Wildman–Crippen LogP) is 2.53. The Morgan fingerprint density at radius 2 is 2.24 bits per heavy atom. The van der Waals surface area contributed by atoms with Gasteiger partial charge in [-0.25, -0.2) is 0 Å². The van der Waals surface area contributed by atoms with Gasteiger partial charge in [-0.15, -0.1) is 0 Å². The number of aromatic nitrogens is 2. The van der Waals surface area contributed by atoms with Crippen LogP contribution in [0.1, 0.15) is 31.6 Å². The van der Waals surface area contributed by atoms with Crippen molar-refractivity contribution in [1.82, 2.24) is 15.5 Å². The summed E-state index contributed by atoms with van der Waals surface area (Å²) in [5, 5.41) is 20.3. The number of nitrogens with one attached hydrogen (secondary N) is 1. The maximum atomic E-state index is 10.9. The van der Waals surface area contributed by atoms with Crippen molar-refractivity contribution in [3.8, 4) is 11.4 Å². The minimum absolute atomic E-state index is 0.184. The van der Waals surface area contributed by atoms with Crippen molar-refractivity contribution in [3.05, 3.63) is 22.7 Å². The maximum absolute atomic E-state index is 10.9. The molecule has 1 fully saturated rings. The number of thiophene rings is 1. The van der Waals surface area contributed by atoms with Gasteiger partial charge in [-0.1, -0.05) is 5.16 Å². The highest BCUT2D eigenvalue weighted by Crippen LogP contribution is 2.24. The number of rotatable bonds is 5. The van der Waals surface area contributed by atoms with E-state index in [9.17, 15) is 4.79 Å². The van der Waals surface area contributed by atoms with E-state index in [2.05, 4.69) is 15.5 Å². The molecule has 0 radical (unpaired) electrons. The number of carbonyl (C=O) groups is 1. The third-order valence-corrected chi connectivity index (χ3v) is 4.55. The lowest BCUT2D eigenvalue weighted by Gasteiger charge is -2.26. The summed E-state index contributed by atoms with van der Waals surface area (Å²) < 4.78 is 5.23. The smallest absolute Gasteiger partial charge is 0.306 e. The second kappa shape index (κ2) is 6.36. The van der Waals surface area contributed by atoms with Crippen LogP contribution in [0.2, 0.25) is 0 Å². The van der Waals surface area contributed by atoms with Gasteiger partial charge in [-0.2, -0.15) is 16.3 Å². The maximum Gasteiger partial charge on any atom is 0.306 e. The number of hydrogen-bond acceptors (Lipinski definition) is 6. The fraction of sp³-hybridized carbons (Fsp3) is 0.500. The Morgan fingerprint density at radius 1 is 1.43 bits per heavy atom. The van der Waals surface area contributed by atoms with Crippen molar-refractivity contribution < 1.29 is 14.4 Å². The molecule has 0 amide bonds. The van der Waals surface area contributed by atoms with Crippen LogP contribution in [0.15, 0.2) is 21.3 Å². The molecule has 0 bridgehead atoms. The van der Waals surface area contributed by atoms with Crippen LogP contribution >= 0.6 is 11.3 Å². The normalized spacial score (nSPS) is 22.3. The molecule has 3 rings (SSSR count). The molecule has 0 atom stereocenters. The van der Waals surface area contributed by atoms with E-state index in [1.807, 2.05) is 16.8 Å². The summed E-state index contributed by atoms with van der Waals surface area (Å²) in [5.41, 5.74) is 0.969. The molecule has 6 nitrogen and oxygen atoms in total. The standard InChI is InChI=1S/C14H17N3O3S/c18-14(19)9-1-3-11(4-2-9)15-7-12-16-13(17-20-12)10-5-6-21-8-10/h5-6,8-9,11,15H,1-4,7H2,(H,18,19). The van der Waals surface area contributed by atoms with Crippen LogP contribution in [-0.2, 0) is 11.3 Å². The monoisotopic (exact) mass is 307 g/mol. The van der Waals surface area contributed by atoms with Gasteiger partial charge in [0.05, 0.1) is 12.5 Å². The molecule has 1 aliphatic carbocycles. The largest absolute Gasteiger partial charge is 0.481 e. The Labute approximate surface area is 126 Å². The van der Waals surface area contributed by atoms with Crippen molar-refractivity contribution in [2.45, 2.75) is 38.3 Å². The van der Waals surface area contributed by atoms with Crippen LogP contribution in [0.4, 0.5) is 0 Å². The molecule has 2 N–H and O–H groups in total. The first kappa shape index (κ1) is 14.2. The zero-order valence-electron chi connectivity index (χ0n) is 11.5. The van der Waals surface area contributed by atoms with Gasteiger partial charge in [0.1, 0.15) is 0 Å². The lowest BCUT2D eigenvalue weighted by Crippen LogP contribution is -2.34. The molecule has 1 saturated carbocycles. The zero-order chi connectivity index (χ0) is 14.7. The van der Waals surface area contributed by atoms with E-state index in [0.29, 0.717) is 24.3 Å². The van der Waals surface area contributed by atoms with Crippen LogP contribution in [0.5, 0.6) is 0 Å². The van der Waals surface area contributed by atoms with Gasteiger partial charge in [0.25, 0.3) is 0 Å². The molecule has 112 valence electrons. The summed E-state index contributed by atoms with van der Waals surface area (Å²) in [5.74, 6) is 0.321. The fourth-order valence-electron chi connectivity index (χ4n) is 2.61. The average molecular weight is 307 g/mol. The second-order valence-corrected chi connectivity index (χ2v) is 6.07. The first-order chi connectivity index (χ1) is 10.2. The van der Waals surface area contributed by atoms with Gasteiger partial charge in [0.15, 0.2) is 0 Å². The molecule has 2 heterocycles. The Morgan fingerprint density at radius 3 is 2.90 bits per heavy atom. The van der Waals surface area contributed by atoms with E-state index >= 15 is 0 Å². The highest BCUT2D eigenvalue weighted by Gasteiger charge is 2.25. The molecule has 0 spiro atoms. The first-order valence-electron chi connectivity index (χ1n) is 7.03. The number of hydrogen-bond donors (Lipinski definition) is 2. The molecular weight excluding hydrogens is 290 g/mol. The topological polar surface area (TPSA) is 88.2 Å². The van der Waals surface area contributed by atoms with E-state index in [0.717, 1.165) is 31.2 Å². The molecule has 2 aromatic rings. The van der Waals surface area contributed by atoms with Crippen LogP contribution in [0.25, 0.3) is 11.4 Å². The Hall–Kier alpha value is -1.73. The van der Waals surface area contributed by atoms with Crippen molar-refractivity contribution >= 4 is 17.3 Å². The van der Waals surface area contributed by atoms with Gasteiger partial charge in [-0.05, 0) is 37.1 Å². The third kappa shape index (κ3) is 3.48. The number of carboxylic acids is 1. The molecule has 7 heteroatoms. The number of aliphatic carboxylic acids is 1. The lowest BCUT2D eigenvalue weighted by molar-refractivity contribution is -0.142. The summed E-state index contributed by atoms with van der Waals surface area (Å²) in [6.07, 6.45) is 3.22. The molecule has 0 unspecified atom stereocenters. The second-order valence-electron chi connectivity index (χ2n) is 5.29. The average Bonchev–Trinajstić information content (AvgIpc) is 3.16. The summed E-state index contributed by atoms with van der Waals surface area (Å²) in [7, 11) is 0. The van der Waals surface area contributed by atoms with E-state index in [-0.39, 0.29) is 5.92 Å². The minimum Gasteiger partial charge on any atom is -0.481 e. The van der Waals surface area contributed by atoms with Crippen molar-refractivity contribution in [2.24, 2.45) is 5.92 Å². The number of carboxylic acid groups (broad SMARTS) is 1. The molecule has 0 aliphatic heterocycles. The Balaban J connectivity index is 1.49. The van der Waals surface area contributed by atoms with Gasteiger partial charge in [-0.3, -0.25) is 4.79 Å². The van der Waals surface area contributed by atoms with Crippen LogP contribution in [0, 0.1) is 5.92 Å². The SMILES string of the molecule is O=C(O)C1CCC(NCc2nc(-c3ccsc3)no2)CC1. The van der Waals surface area contributed by atoms with Gasteiger partial charge in [0.2, 0.25) is 11.7 Å². The van der Waals surface area contributed by atoms with Crippen LogP contribution < -0.4 is 5.32 Å². The molecule has 0 saturated heterocycles. The highest BCUT2D eigenvalue weighted by molar-refractivity contribution is 7.08. The minimum atomic E-state index is -0.675. The zero-order valence-corrected chi connectivity index (χ0v) is 12.3. The number of nitrogens with zero attached hydrogens (tertiary/aromatic N) is 2. The highest BCUT2D eigenvalue weighted by atomic mass is 32.1. The summed E-state index contributed by atoms with van der Waals surface area (Å²) >= 11 is 1.60. The summed E-state index contributed by atoms with van der Waals surface area (Å²) in [6, 6.07) is 2.29. The molecule has 2 aromatic heterocycles. The molecule has 21 heavy (non-hydrogen) atoms. The van der Waals surface area contributed by atoms with Crippen LogP contribution in [-0.4, -0.2) is 27.3 Å². The first-order valence-corrected chi connectivity index (χ1v) is 7.98. The van der Waals surface area contributed by atoms with E-state index in [1.165, 1.54) is 0 Å². The van der Waals surface area contributed by atoms with Crippen LogP contribution in [0.3, 0.4) is 0 Å².